The highest BCUT2D eigenvalue weighted by atomic mass is 32.1. The van der Waals surface area contributed by atoms with Crippen molar-refractivity contribution in [2.75, 3.05) is 63.9 Å². The lowest BCUT2D eigenvalue weighted by Crippen LogP contribution is -2.46. The molecule has 32 heavy (non-hydrogen) atoms. The number of carbonyl (C=O) groups is 1. The molecule has 0 atom stereocenters. The first-order valence-corrected chi connectivity index (χ1v) is 12.9. The lowest BCUT2D eigenvalue weighted by atomic mass is 9.99. The zero-order valence-corrected chi connectivity index (χ0v) is 19.6. The minimum absolute atomic E-state index is 0.0152. The van der Waals surface area contributed by atoms with E-state index >= 15 is 0 Å². The number of nitrogens with one attached hydrogen (secondary N) is 1. The van der Waals surface area contributed by atoms with Crippen LogP contribution in [0.25, 0.3) is 0 Å². The number of morpholine rings is 1. The van der Waals surface area contributed by atoms with Gasteiger partial charge in [0.25, 0.3) is 5.91 Å². The monoisotopic (exact) mass is 454 g/mol. The van der Waals surface area contributed by atoms with Gasteiger partial charge in [-0.05, 0) is 60.5 Å². The minimum Gasteiger partial charge on any atom is -0.379 e. The highest BCUT2D eigenvalue weighted by molar-refractivity contribution is 7.10. The number of fused-ring (bicyclic) bond motifs is 1. The standard InChI is InChI=1S/C25H34N4O2S/c30-25(26-9-13-27-14-16-31-17-15-27)20-1-3-22(4-2-20)28-10-5-23(6-11-28)29-12-7-24-21(19-29)8-18-32-24/h1-4,8,18,23H,5-7,9-17,19H2,(H,26,30). The number of hydrogen-bond acceptors (Lipinski definition) is 6. The summed E-state index contributed by atoms with van der Waals surface area (Å²) in [6.07, 6.45) is 3.63. The third kappa shape index (κ3) is 5.17. The Bertz CT molecular complexity index is 886. The Kier molecular flexibility index (Phi) is 7.07. The van der Waals surface area contributed by atoms with Crippen LogP contribution >= 0.6 is 11.3 Å². The average molecular weight is 455 g/mol. The second-order valence-corrected chi connectivity index (χ2v) is 10.1. The molecule has 6 nitrogen and oxygen atoms in total. The molecule has 3 aliphatic rings. The summed E-state index contributed by atoms with van der Waals surface area (Å²) in [4.78, 5) is 21.6. The Hall–Kier alpha value is -1.93. The summed E-state index contributed by atoms with van der Waals surface area (Å²) in [5.41, 5.74) is 3.51. The van der Waals surface area contributed by atoms with Crippen LogP contribution in [0.3, 0.4) is 0 Å². The van der Waals surface area contributed by atoms with Gasteiger partial charge in [0, 0.05) is 74.5 Å². The van der Waals surface area contributed by atoms with Gasteiger partial charge in [-0.1, -0.05) is 0 Å². The van der Waals surface area contributed by atoms with E-state index in [4.69, 9.17) is 4.74 Å². The predicted octanol–water partition coefficient (Wildman–Crippen LogP) is 2.84. The van der Waals surface area contributed by atoms with E-state index < -0.39 is 0 Å². The lowest BCUT2D eigenvalue weighted by Gasteiger charge is -2.41. The highest BCUT2D eigenvalue weighted by Gasteiger charge is 2.27. The average Bonchev–Trinajstić information content (AvgIpc) is 3.33. The van der Waals surface area contributed by atoms with Crippen LogP contribution < -0.4 is 10.2 Å². The van der Waals surface area contributed by atoms with Crippen molar-refractivity contribution in [3.63, 3.8) is 0 Å². The van der Waals surface area contributed by atoms with E-state index in [1.165, 1.54) is 31.5 Å². The normalized spacial score (nSPS) is 20.8. The molecule has 1 N–H and O–H groups in total. The molecule has 2 saturated heterocycles. The van der Waals surface area contributed by atoms with E-state index in [-0.39, 0.29) is 5.91 Å². The number of nitrogens with zero attached hydrogens (tertiary/aromatic N) is 3. The van der Waals surface area contributed by atoms with Gasteiger partial charge in [0.2, 0.25) is 0 Å². The molecular weight excluding hydrogens is 420 g/mol. The number of hydrogen-bond donors (Lipinski definition) is 1. The number of amides is 1. The number of anilines is 1. The van der Waals surface area contributed by atoms with Gasteiger partial charge < -0.3 is 15.0 Å². The zero-order chi connectivity index (χ0) is 21.8. The van der Waals surface area contributed by atoms with E-state index in [0.29, 0.717) is 12.6 Å². The van der Waals surface area contributed by atoms with E-state index in [1.54, 1.807) is 10.4 Å². The minimum atomic E-state index is 0.0152. The van der Waals surface area contributed by atoms with Crippen molar-refractivity contribution in [3.05, 3.63) is 51.7 Å². The number of thiophene rings is 1. The summed E-state index contributed by atoms with van der Waals surface area (Å²) in [7, 11) is 0. The lowest BCUT2D eigenvalue weighted by molar-refractivity contribution is 0.0383. The first kappa shape index (κ1) is 21.9. The number of benzene rings is 1. The SMILES string of the molecule is O=C(NCCN1CCOCC1)c1ccc(N2CCC(N3CCc4sccc4C3)CC2)cc1. The first-order valence-electron chi connectivity index (χ1n) is 12.0. The number of piperidine rings is 1. The molecule has 5 rings (SSSR count). The molecule has 1 amide bonds. The molecule has 1 aromatic carbocycles. The molecule has 1 aromatic heterocycles. The van der Waals surface area contributed by atoms with Gasteiger partial charge in [-0.3, -0.25) is 14.6 Å². The molecule has 0 radical (unpaired) electrons. The van der Waals surface area contributed by atoms with E-state index in [0.717, 1.165) is 58.0 Å². The molecule has 172 valence electrons. The molecule has 2 fully saturated rings. The third-order valence-corrected chi connectivity index (χ3v) is 8.15. The van der Waals surface area contributed by atoms with Crippen molar-refractivity contribution in [2.24, 2.45) is 0 Å². The van der Waals surface area contributed by atoms with Crippen LogP contribution in [0.4, 0.5) is 5.69 Å². The van der Waals surface area contributed by atoms with Gasteiger partial charge >= 0.3 is 0 Å². The van der Waals surface area contributed by atoms with Crippen LogP contribution in [0.15, 0.2) is 35.7 Å². The van der Waals surface area contributed by atoms with Gasteiger partial charge in [0.1, 0.15) is 0 Å². The highest BCUT2D eigenvalue weighted by Crippen LogP contribution is 2.29. The van der Waals surface area contributed by atoms with E-state index in [9.17, 15) is 4.79 Å². The van der Waals surface area contributed by atoms with Crippen LogP contribution in [0, 0.1) is 0 Å². The largest absolute Gasteiger partial charge is 0.379 e. The molecular formula is C25H34N4O2S. The van der Waals surface area contributed by atoms with Crippen molar-refractivity contribution in [1.29, 1.82) is 0 Å². The van der Waals surface area contributed by atoms with Gasteiger partial charge in [-0.25, -0.2) is 0 Å². The fraction of sp³-hybridized carbons (Fsp3) is 0.560. The Morgan fingerprint density at radius 1 is 1.03 bits per heavy atom. The zero-order valence-electron chi connectivity index (χ0n) is 18.8. The Morgan fingerprint density at radius 3 is 2.59 bits per heavy atom. The van der Waals surface area contributed by atoms with Crippen LogP contribution in [-0.2, 0) is 17.7 Å². The predicted molar refractivity (Wildman–Crippen MR) is 130 cm³/mol. The molecule has 2 aromatic rings. The quantitative estimate of drug-likeness (QED) is 0.727. The van der Waals surface area contributed by atoms with Crippen LogP contribution in [0.1, 0.15) is 33.6 Å². The Balaban J connectivity index is 1.07. The summed E-state index contributed by atoms with van der Waals surface area (Å²) in [5, 5.41) is 5.29. The summed E-state index contributed by atoms with van der Waals surface area (Å²) in [5.74, 6) is 0.0152. The van der Waals surface area contributed by atoms with Crippen LogP contribution in [0.5, 0.6) is 0 Å². The van der Waals surface area contributed by atoms with Gasteiger partial charge in [-0.2, -0.15) is 0 Å². The number of ether oxygens (including phenoxy) is 1. The van der Waals surface area contributed by atoms with Crippen molar-refractivity contribution >= 4 is 22.9 Å². The molecule has 7 heteroatoms. The third-order valence-electron chi connectivity index (χ3n) is 7.13. The fourth-order valence-electron chi connectivity index (χ4n) is 5.15. The molecule has 0 bridgehead atoms. The topological polar surface area (TPSA) is 48.1 Å². The molecule has 4 heterocycles. The molecule has 0 saturated carbocycles. The molecule has 0 unspecified atom stereocenters. The number of rotatable bonds is 6. The smallest absolute Gasteiger partial charge is 0.251 e. The summed E-state index contributed by atoms with van der Waals surface area (Å²) in [6, 6.07) is 11.1. The van der Waals surface area contributed by atoms with Crippen molar-refractivity contribution in [1.82, 2.24) is 15.1 Å². The van der Waals surface area contributed by atoms with Crippen molar-refractivity contribution < 1.29 is 9.53 Å². The second-order valence-electron chi connectivity index (χ2n) is 9.06. The second kappa shape index (κ2) is 10.3. The van der Waals surface area contributed by atoms with Crippen LogP contribution in [0.2, 0.25) is 0 Å². The Morgan fingerprint density at radius 2 is 1.81 bits per heavy atom. The van der Waals surface area contributed by atoms with E-state index in [1.807, 2.05) is 23.5 Å². The summed E-state index contributed by atoms with van der Waals surface area (Å²) < 4.78 is 5.37. The molecule has 0 spiro atoms. The van der Waals surface area contributed by atoms with Gasteiger partial charge in [0.05, 0.1) is 13.2 Å². The maximum atomic E-state index is 12.5. The maximum Gasteiger partial charge on any atom is 0.251 e. The van der Waals surface area contributed by atoms with Crippen molar-refractivity contribution in [2.45, 2.75) is 31.8 Å². The van der Waals surface area contributed by atoms with Gasteiger partial charge in [-0.15, -0.1) is 11.3 Å². The number of carbonyl (C=O) groups excluding carboxylic acids is 1. The summed E-state index contributed by atoms with van der Waals surface area (Å²) in [6.45, 7) is 9.55. The van der Waals surface area contributed by atoms with Crippen molar-refractivity contribution in [3.8, 4) is 0 Å². The van der Waals surface area contributed by atoms with Gasteiger partial charge in [0.15, 0.2) is 0 Å². The summed E-state index contributed by atoms with van der Waals surface area (Å²) >= 11 is 1.92. The molecule has 3 aliphatic heterocycles. The molecule has 0 aliphatic carbocycles. The first-order chi connectivity index (χ1) is 15.8. The van der Waals surface area contributed by atoms with Crippen LogP contribution in [-0.4, -0.2) is 80.8 Å². The fourth-order valence-corrected chi connectivity index (χ4v) is 6.04. The van der Waals surface area contributed by atoms with E-state index in [2.05, 4.69) is 43.6 Å². The maximum absolute atomic E-state index is 12.5. The Labute approximate surface area is 195 Å².